The molecule has 2 heteroatoms. The van der Waals surface area contributed by atoms with Gasteiger partial charge in [-0.15, -0.1) is 11.8 Å². The first kappa shape index (κ1) is 9.40. The molecule has 72 valence electrons. The van der Waals surface area contributed by atoms with Crippen LogP contribution in [0.15, 0.2) is 0 Å². The smallest absolute Gasteiger partial charge is 0.103 e. The van der Waals surface area contributed by atoms with Crippen LogP contribution in [-0.4, -0.2) is 10.5 Å². The lowest BCUT2D eigenvalue weighted by Crippen LogP contribution is -2.52. The number of nitrogens with zero attached hydrogens (tertiary/aromatic N) is 1. The highest BCUT2D eigenvalue weighted by Crippen LogP contribution is 2.64. The third-order valence-corrected chi connectivity index (χ3v) is 5.07. The molecule has 0 aliphatic heterocycles. The summed E-state index contributed by atoms with van der Waals surface area (Å²) in [5.41, 5.74) is 0.635. The van der Waals surface area contributed by atoms with Gasteiger partial charge in [-0.1, -0.05) is 13.3 Å². The van der Waals surface area contributed by atoms with Gasteiger partial charge in [-0.25, -0.2) is 0 Å². The van der Waals surface area contributed by atoms with Crippen molar-refractivity contribution in [1.29, 1.82) is 5.26 Å². The van der Waals surface area contributed by atoms with Crippen LogP contribution >= 0.6 is 11.8 Å². The zero-order chi connectivity index (χ0) is 9.36. The molecule has 0 heterocycles. The van der Waals surface area contributed by atoms with Crippen LogP contribution in [0.1, 0.15) is 45.4 Å². The zero-order valence-corrected chi connectivity index (χ0v) is 9.12. The van der Waals surface area contributed by atoms with Gasteiger partial charge in [-0.3, -0.25) is 0 Å². The van der Waals surface area contributed by atoms with Crippen LogP contribution < -0.4 is 0 Å². The molecule has 0 amide bonds. The minimum Gasteiger partial charge on any atom is -0.197 e. The van der Waals surface area contributed by atoms with E-state index in [1.807, 2.05) is 11.8 Å². The molecule has 2 aliphatic carbocycles. The van der Waals surface area contributed by atoms with Gasteiger partial charge in [0, 0.05) is 0 Å². The molecule has 2 rings (SSSR count). The largest absolute Gasteiger partial charge is 0.197 e. The highest BCUT2D eigenvalue weighted by Gasteiger charge is 2.57. The van der Waals surface area contributed by atoms with E-state index in [0.29, 0.717) is 5.41 Å². The van der Waals surface area contributed by atoms with E-state index in [4.69, 9.17) is 5.26 Å². The first-order valence-corrected chi connectivity index (χ1v) is 6.28. The van der Waals surface area contributed by atoms with Crippen molar-refractivity contribution in [3.63, 3.8) is 0 Å². The number of hydrogen-bond donors (Lipinski definition) is 0. The SMILES string of the molecule is CCCSC1(C#N)CC2(CCC2)C1. The fraction of sp³-hybridized carbons (Fsp3) is 0.909. The van der Waals surface area contributed by atoms with Crippen molar-refractivity contribution < 1.29 is 0 Å². The van der Waals surface area contributed by atoms with E-state index in [0.717, 1.165) is 5.75 Å². The number of hydrogen-bond acceptors (Lipinski definition) is 2. The molecule has 0 N–H and O–H groups in total. The summed E-state index contributed by atoms with van der Waals surface area (Å²) in [6.07, 6.45) is 7.75. The van der Waals surface area contributed by atoms with E-state index in [1.54, 1.807) is 0 Å². The Labute approximate surface area is 84.9 Å². The van der Waals surface area contributed by atoms with E-state index in [1.165, 1.54) is 38.5 Å². The molecule has 1 spiro atoms. The van der Waals surface area contributed by atoms with E-state index in [9.17, 15) is 0 Å². The van der Waals surface area contributed by atoms with Crippen molar-refractivity contribution in [3.8, 4) is 6.07 Å². The quantitative estimate of drug-likeness (QED) is 0.689. The maximum Gasteiger partial charge on any atom is 0.103 e. The molecular weight excluding hydrogens is 178 g/mol. The van der Waals surface area contributed by atoms with Crippen molar-refractivity contribution in [1.82, 2.24) is 0 Å². The van der Waals surface area contributed by atoms with E-state index >= 15 is 0 Å². The average molecular weight is 195 g/mol. The Morgan fingerprint density at radius 3 is 2.46 bits per heavy atom. The summed E-state index contributed by atoms with van der Waals surface area (Å²) < 4.78 is 0.0242. The molecule has 0 atom stereocenters. The Morgan fingerprint density at radius 1 is 1.38 bits per heavy atom. The summed E-state index contributed by atoms with van der Waals surface area (Å²) in [6.45, 7) is 2.19. The molecule has 0 aromatic heterocycles. The molecule has 2 aliphatic rings. The van der Waals surface area contributed by atoms with Gasteiger partial charge in [0.1, 0.15) is 4.75 Å². The second kappa shape index (κ2) is 3.20. The molecule has 0 aromatic rings. The first-order valence-electron chi connectivity index (χ1n) is 5.29. The van der Waals surface area contributed by atoms with Gasteiger partial charge in [0.2, 0.25) is 0 Å². The van der Waals surface area contributed by atoms with Crippen LogP contribution in [0.2, 0.25) is 0 Å². The average Bonchev–Trinajstić information content (AvgIpc) is 2.01. The third-order valence-electron chi connectivity index (χ3n) is 3.52. The second-order valence-corrected chi connectivity index (χ2v) is 6.14. The summed E-state index contributed by atoms with van der Waals surface area (Å²) in [5.74, 6) is 1.16. The molecule has 0 aromatic carbocycles. The Balaban J connectivity index is 1.87. The Hall–Kier alpha value is -0.160. The molecule has 0 saturated heterocycles. The predicted molar refractivity (Wildman–Crippen MR) is 56.6 cm³/mol. The van der Waals surface area contributed by atoms with Gasteiger partial charge < -0.3 is 0 Å². The van der Waals surface area contributed by atoms with Crippen molar-refractivity contribution in [2.24, 2.45) is 5.41 Å². The van der Waals surface area contributed by atoms with Crippen molar-refractivity contribution >= 4 is 11.8 Å². The monoisotopic (exact) mass is 195 g/mol. The third kappa shape index (κ3) is 1.48. The van der Waals surface area contributed by atoms with Crippen molar-refractivity contribution in [3.05, 3.63) is 0 Å². The molecule has 0 bridgehead atoms. The fourth-order valence-corrected chi connectivity index (χ4v) is 4.18. The highest BCUT2D eigenvalue weighted by molar-refractivity contribution is 8.00. The Bertz CT molecular complexity index is 229. The zero-order valence-electron chi connectivity index (χ0n) is 8.31. The summed E-state index contributed by atoms with van der Waals surface area (Å²) in [7, 11) is 0. The lowest BCUT2D eigenvalue weighted by molar-refractivity contribution is 0.0152. The van der Waals surface area contributed by atoms with Gasteiger partial charge in [0.05, 0.1) is 6.07 Å². The molecule has 0 radical (unpaired) electrons. The molecular formula is C11H17NS. The van der Waals surface area contributed by atoms with Crippen LogP contribution in [0.5, 0.6) is 0 Å². The molecule has 13 heavy (non-hydrogen) atoms. The molecule has 1 nitrogen and oxygen atoms in total. The maximum atomic E-state index is 9.14. The molecule has 0 unspecified atom stereocenters. The number of rotatable bonds is 3. The molecule has 2 fully saturated rings. The lowest BCUT2D eigenvalue weighted by Gasteiger charge is -2.57. The fourth-order valence-electron chi connectivity index (χ4n) is 2.70. The van der Waals surface area contributed by atoms with Crippen LogP contribution in [0.3, 0.4) is 0 Å². The van der Waals surface area contributed by atoms with Gasteiger partial charge >= 0.3 is 0 Å². The number of thioether (sulfide) groups is 1. The van der Waals surface area contributed by atoms with E-state index < -0.39 is 0 Å². The normalized spacial score (nSPS) is 27.4. The topological polar surface area (TPSA) is 23.8 Å². The van der Waals surface area contributed by atoms with Crippen LogP contribution in [0.25, 0.3) is 0 Å². The standard InChI is InChI=1S/C11H17NS/c1-2-6-13-11(9-12)7-10(8-11)4-3-5-10/h2-8H2,1H3. The van der Waals surface area contributed by atoms with Crippen LogP contribution in [-0.2, 0) is 0 Å². The summed E-state index contributed by atoms with van der Waals surface area (Å²) in [4.78, 5) is 0. The summed E-state index contributed by atoms with van der Waals surface area (Å²) in [6, 6.07) is 2.54. The highest BCUT2D eigenvalue weighted by atomic mass is 32.2. The summed E-state index contributed by atoms with van der Waals surface area (Å²) in [5, 5.41) is 9.14. The van der Waals surface area contributed by atoms with E-state index in [-0.39, 0.29) is 4.75 Å². The van der Waals surface area contributed by atoms with Gasteiger partial charge in [0.15, 0.2) is 0 Å². The Morgan fingerprint density at radius 2 is 2.08 bits per heavy atom. The van der Waals surface area contributed by atoms with Gasteiger partial charge in [-0.05, 0) is 43.3 Å². The maximum absolute atomic E-state index is 9.14. The second-order valence-electron chi connectivity index (χ2n) is 4.66. The first-order chi connectivity index (χ1) is 6.24. The Kier molecular flexibility index (Phi) is 2.32. The van der Waals surface area contributed by atoms with Crippen LogP contribution in [0.4, 0.5) is 0 Å². The predicted octanol–water partition coefficient (Wildman–Crippen LogP) is 3.36. The summed E-state index contributed by atoms with van der Waals surface area (Å²) >= 11 is 1.90. The van der Waals surface area contributed by atoms with Gasteiger partial charge in [-0.2, -0.15) is 5.26 Å². The minimum absolute atomic E-state index is 0.0242. The van der Waals surface area contributed by atoms with Crippen molar-refractivity contribution in [2.45, 2.75) is 50.2 Å². The van der Waals surface area contributed by atoms with Crippen molar-refractivity contribution in [2.75, 3.05) is 5.75 Å². The molecule has 2 saturated carbocycles. The van der Waals surface area contributed by atoms with E-state index in [2.05, 4.69) is 13.0 Å². The van der Waals surface area contributed by atoms with Gasteiger partial charge in [0.25, 0.3) is 0 Å². The number of nitriles is 1. The van der Waals surface area contributed by atoms with Crippen LogP contribution in [0, 0.1) is 16.7 Å². The minimum atomic E-state index is 0.0242. The lowest BCUT2D eigenvalue weighted by atomic mass is 9.52.